The maximum absolute atomic E-state index is 13.3. The fourth-order valence-electron chi connectivity index (χ4n) is 3.63. The van der Waals surface area contributed by atoms with Crippen LogP contribution in [0, 0.1) is 13.8 Å². The largest absolute Gasteiger partial charge is 0.379 e. The third kappa shape index (κ3) is 5.79. The highest BCUT2D eigenvalue weighted by Crippen LogP contribution is 2.33. The fraction of sp³-hybridized carbons (Fsp3) is 0.391. The van der Waals surface area contributed by atoms with Crippen LogP contribution in [0.25, 0.3) is 10.2 Å². The molecular formula is C23H26ClN3O2S2. The number of amides is 1. The van der Waals surface area contributed by atoms with Crippen LogP contribution in [0.15, 0.2) is 41.3 Å². The maximum Gasteiger partial charge on any atom is 0.239 e. The molecule has 1 aliphatic heterocycles. The molecule has 1 saturated heterocycles. The summed E-state index contributed by atoms with van der Waals surface area (Å²) in [6.07, 6.45) is 0. The van der Waals surface area contributed by atoms with Crippen LogP contribution in [-0.4, -0.2) is 60.9 Å². The van der Waals surface area contributed by atoms with E-state index in [9.17, 15) is 4.79 Å². The van der Waals surface area contributed by atoms with Gasteiger partial charge in [-0.05, 0) is 55.3 Å². The summed E-state index contributed by atoms with van der Waals surface area (Å²) in [5.74, 6) is 0.431. The summed E-state index contributed by atoms with van der Waals surface area (Å²) >= 11 is 9.11. The molecular weight excluding hydrogens is 450 g/mol. The number of thiazole rings is 1. The number of aryl methyl sites for hydroxylation is 2. The number of halogens is 1. The number of carbonyl (C=O) groups is 1. The Morgan fingerprint density at radius 1 is 1.23 bits per heavy atom. The number of carbonyl (C=O) groups excluding carboxylic acids is 1. The highest BCUT2D eigenvalue weighted by molar-refractivity contribution is 8.00. The number of nitrogens with zero attached hydrogens (tertiary/aromatic N) is 3. The van der Waals surface area contributed by atoms with Gasteiger partial charge in [-0.25, -0.2) is 4.98 Å². The van der Waals surface area contributed by atoms with Gasteiger partial charge in [0.15, 0.2) is 5.13 Å². The summed E-state index contributed by atoms with van der Waals surface area (Å²) in [6, 6.07) is 11.9. The van der Waals surface area contributed by atoms with Crippen molar-refractivity contribution in [1.82, 2.24) is 9.88 Å². The Hall–Kier alpha value is -1.64. The number of rotatable bonds is 7. The van der Waals surface area contributed by atoms with Crippen molar-refractivity contribution in [2.75, 3.05) is 50.0 Å². The smallest absolute Gasteiger partial charge is 0.239 e. The van der Waals surface area contributed by atoms with Crippen molar-refractivity contribution >= 4 is 56.0 Å². The van der Waals surface area contributed by atoms with Crippen LogP contribution in [-0.2, 0) is 9.53 Å². The molecule has 2 heterocycles. The molecule has 1 fully saturated rings. The monoisotopic (exact) mass is 475 g/mol. The number of morpholine rings is 1. The molecule has 164 valence electrons. The van der Waals surface area contributed by atoms with Gasteiger partial charge in [-0.2, -0.15) is 0 Å². The van der Waals surface area contributed by atoms with Gasteiger partial charge in [-0.1, -0.05) is 29.0 Å². The molecule has 4 rings (SSSR count). The Morgan fingerprint density at radius 2 is 1.97 bits per heavy atom. The van der Waals surface area contributed by atoms with Gasteiger partial charge in [-0.15, -0.1) is 11.8 Å². The van der Waals surface area contributed by atoms with Crippen molar-refractivity contribution in [3.63, 3.8) is 0 Å². The Kier molecular flexibility index (Phi) is 7.51. The van der Waals surface area contributed by atoms with E-state index in [4.69, 9.17) is 21.3 Å². The number of ether oxygens (including phenoxy) is 1. The highest BCUT2D eigenvalue weighted by atomic mass is 35.5. The summed E-state index contributed by atoms with van der Waals surface area (Å²) in [4.78, 5) is 23.4. The molecule has 5 nitrogen and oxygen atoms in total. The average molecular weight is 476 g/mol. The lowest BCUT2D eigenvalue weighted by molar-refractivity contribution is -0.116. The zero-order valence-electron chi connectivity index (χ0n) is 17.8. The first-order valence-corrected chi connectivity index (χ1v) is 12.5. The number of thioether (sulfide) groups is 1. The van der Waals surface area contributed by atoms with Gasteiger partial charge in [0.1, 0.15) is 0 Å². The summed E-state index contributed by atoms with van der Waals surface area (Å²) in [6.45, 7) is 8.93. The van der Waals surface area contributed by atoms with E-state index in [1.807, 2.05) is 29.2 Å². The molecule has 0 bridgehead atoms. The maximum atomic E-state index is 13.3. The van der Waals surface area contributed by atoms with Crippen LogP contribution < -0.4 is 4.90 Å². The van der Waals surface area contributed by atoms with Crippen LogP contribution in [0.5, 0.6) is 0 Å². The molecule has 0 atom stereocenters. The Labute approximate surface area is 196 Å². The summed E-state index contributed by atoms with van der Waals surface area (Å²) < 4.78 is 6.60. The first-order valence-electron chi connectivity index (χ1n) is 10.4. The standard InChI is InChI=1S/C23H26ClN3O2S2/c1-16-13-17(2)22-20(14-16)25-23(31-22)27(8-7-26-9-11-29-12-10-26)21(28)15-30-19-5-3-18(24)4-6-19/h3-6,13-14H,7-12,15H2,1-2H3. The second kappa shape index (κ2) is 10.3. The minimum Gasteiger partial charge on any atom is -0.379 e. The van der Waals surface area contributed by atoms with Gasteiger partial charge in [-0.3, -0.25) is 14.6 Å². The van der Waals surface area contributed by atoms with Gasteiger partial charge in [0, 0.05) is 36.1 Å². The lowest BCUT2D eigenvalue weighted by Crippen LogP contribution is -2.43. The van der Waals surface area contributed by atoms with E-state index in [0.29, 0.717) is 17.3 Å². The van der Waals surface area contributed by atoms with Crippen molar-refractivity contribution in [2.24, 2.45) is 0 Å². The SMILES string of the molecule is Cc1cc(C)c2sc(N(CCN3CCOCC3)C(=O)CSc3ccc(Cl)cc3)nc2c1. The first kappa shape index (κ1) is 22.6. The fourth-order valence-corrected chi connectivity index (χ4v) is 5.59. The number of hydrogen-bond donors (Lipinski definition) is 0. The van der Waals surface area contributed by atoms with Crippen LogP contribution in [0.1, 0.15) is 11.1 Å². The molecule has 2 aromatic carbocycles. The zero-order chi connectivity index (χ0) is 21.8. The van der Waals surface area contributed by atoms with Crippen molar-refractivity contribution in [3.8, 4) is 0 Å². The normalized spacial score (nSPS) is 14.8. The van der Waals surface area contributed by atoms with E-state index in [2.05, 4.69) is 30.9 Å². The van der Waals surface area contributed by atoms with Gasteiger partial charge >= 0.3 is 0 Å². The molecule has 0 saturated carbocycles. The Balaban J connectivity index is 1.53. The molecule has 1 aliphatic rings. The number of benzene rings is 2. The predicted molar refractivity (Wildman–Crippen MR) is 131 cm³/mol. The van der Waals surface area contributed by atoms with Crippen molar-refractivity contribution < 1.29 is 9.53 Å². The topological polar surface area (TPSA) is 45.7 Å². The number of fused-ring (bicyclic) bond motifs is 1. The Morgan fingerprint density at radius 3 is 2.71 bits per heavy atom. The van der Waals surface area contributed by atoms with E-state index in [1.54, 1.807) is 11.3 Å². The predicted octanol–water partition coefficient (Wildman–Crippen LogP) is 5.02. The molecule has 0 spiro atoms. The molecule has 1 amide bonds. The lowest BCUT2D eigenvalue weighted by Gasteiger charge is -2.29. The van der Waals surface area contributed by atoms with E-state index in [0.717, 1.165) is 53.1 Å². The van der Waals surface area contributed by atoms with Crippen LogP contribution in [0.4, 0.5) is 5.13 Å². The molecule has 0 radical (unpaired) electrons. The van der Waals surface area contributed by atoms with Gasteiger partial charge in [0.25, 0.3) is 0 Å². The van der Waals surface area contributed by atoms with Crippen LogP contribution in [0.3, 0.4) is 0 Å². The Bertz CT molecular complexity index is 1050. The number of anilines is 1. The van der Waals surface area contributed by atoms with Gasteiger partial charge in [0.2, 0.25) is 5.91 Å². The molecule has 31 heavy (non-hydrogen) atoms. The lowest BCUT2D eigenvalue weighted by atomic mass is 10.1. The minimum atomic E-state index is 0.0710. The zero-order valence-corrected chi connectivity index (χ0v) is 20.2. The summed E-state index contributed by atoms with van der Waals surface area (Å²) in [7, 11) is 0. The molecule has 1 aromatic heterocycles. The molecule has 0 aliphatic carbocycles. The van der Waals surface area contributed by atoms with Crippen molar-refractivity contribution in [3.05, 3.63) is 52.5 Å². The second-order valence-electron chi connectivity index (χ2n) is 7.67. The third-order valence-corrected chi connectivity index (χ3v) is 7.74. The minimum absolute atomic E-state index is 0.0710. The molecule has 0 unspecified atom stereocenters. The third-order valence-electron chi connectivity index (χ3n) is 5.26. The molecule has 0 N–H and O–H groups in total. The summed E-state index contributed by atoms with van der Waals surface area (Å²) in [5.41, 5.74) is 3.35. The van der Waals surface area contributed by atoms with Crippen molar-refractivity contribution in [2.45, 2.75) is 18.7 Å². The van der Waals surface area contributed by atoms with Crippen LogP contribution in [0.2, 0.25) is 5.02 Å². The van der Waals surface area contributed by atoms with Gasteiger partial charge < -0.3 is 4.74 Å². The van der Waals surface area contributed by atoms with E-state index in [-0.39, 0.29) is 5.91 Å². The van der Waals surface area contributed by atoms with Gasteiger partial charge in [0.05, 0.1) is 29.2 Å². The van der Waals surface area contributed by atoms with E-state index in [1.165, 1.54) is 22.9 Å². The molecule has 8 heteroatoms. The first-order chi connectivity index (χ1) is 15.0. The number of aromatic nitrogens is 1. The van der Waals surface area contributed by atoms with E-state index >= 15 is 0 Å². The quantitative estimate of drug-likeness (QED) is 0.449. The number of hydrogen-bond acceptors (Lipinski definition) is 6. The highest BCUT2D eigenvalue weighted by Gasteiger charge is 2.22. The summed E-state index contributed by atoms with van der Waals surface area (Å²) in [5, 5.41) is 1.47. The van der Waals surface area contributed by atoms with Crippen molar-refractivity contribution in [1.29, 1.82) is 0 Å². The average Bonchev–Trinajstić information content (AvgIpc) is 3.18. The van der Waals surface area contributed by atoms with Crippen LogP contribution >= 0.6 is 34.7 Å². The molecule has 3 aromatic rings. The second-order valence-corrected chi connectivity index (χ2v) is 10.1. The van der Waals surface area contributed by atoms with E-state index < -0.39 is 0 Å².